The number of hydrogen-bond acceptors (Lipinski definition) is 3. The lowest BCUT2D eigenvalue weighted by Gasteiger charge is -2.26. The maximum Gasteiger partial charge on any atom is 0.0587 e. The summed E-state index contributed by atoms with van der Waals surface area (Å²) >= 11 is 0. The molecule has 1 unspecified atom stereocenters. The Balaban J connectivity index is 2.22. The first-order valence-electron chi connectivity index (χ1n) is 7.55. The van der Waals surface area contributed by atoms with E-state index in [4.69, 9.17) is 4.74 Å². The van der Waals surface area contributed by atoms with Crippen LogP contribution in [0.5, 0.6) is 0 Å². The first-order valence-corrected chi connectivity index (χ1v) is 7.55. The molecular weight excluding hydrogens is 248 g/mol. The zero-order valence-electron chi connectivity index (χ0n) is 13.4. The third kappa shape index (κ3) is 6.51. The van der Waals surface area contributed by atoms with Gasteiger partial charge in [0.25, 0.3) is 0 Å². The van der Waals surface area contributed by atoms with Crippen LogP contribution in [0.1, 0.15) is 32.8 Å². The van der Waals surface area contributed by atoms with Crippen LogP contribution >= 0.6 is 0 Å². The number of rotatable bonds is 10. The van der Waals surface area contributed by atoms with Gasteiger partial charge in [-0.1, -0.05) is 44.2 Å². The monoisotopic (exact) mass is 278 g/mol. The summed E-state index contributed by atoms with van der Waals surface area (Å²) in [6, 6.07) is 11.2. The van der Waals surface area contributed by atoms with Gasteiger partial charge in [-0.15, -0.1) is 0 Å². The lowest BCUT2D eigenvalue weighted by Crippen LogP contribution is -2.39. The van der Waals surface area contributed by atoms with E-state index >= 15 is 0 Å². The smallest absolute Gasteiger partial charge is 0.0587 e. The number of methoxy groups -OCH3 is 1. The van der Waals surface area contributed by atoms with Crippen LogP contribution < -0.4 is 10.6 Å². The molecule has 0 bridgehead atoms. The Kier molecular flexibility index (Phi) is 7.82. The molecule has 0 amide bonds. The molecule has 0 fully saturated rings. The minimum absolute atomic E-state index is 0.220. The van der Waals surface area contributed by atoms with Crippen LogP contribution in [0.3, 0.4) is 0 Å². The van der Waals surface area contributed by atoms with E-state index in [9.17, 15) is 0 Å². The van der Waals surface area contributed by atoms with Crippen molar-refractivity contribution in [3.8, 4) is 0 Å². The van der Waals surface area contributed by atoms with E-state index < -0.39 is 0 Å². The van der Waals surface area contributed by atoms with Crippen LogP contribution in [0.4, 0.5) is 0 Å². The van der Waals surface area contributed by atoms with Gasteiger partial charge >= 0.3 is 0 Å². The lowest BCUT2D eigenvalue weighted by molar-refractivity contribution is 0.198. The van der Waals surface area contributed by atoms with Crippen molar-refractivity contribution in [2.75, 3.05) is 33.4 Å². The molecule has 0 saturated heterocycles. The zero-order chi connectivity index (χ0) is 14.8. The topological polar surface area (TPSA) is 33.3 Å². The molecule has 3 heteroatoms. The molecule has 0 aliphatic carbocycles. The zero-order valence-corrected chi connectivity index (χ0v) is 13.4. The summed E-state index contributed by atoms with van der Waals surface area (Å²) in [5, 5.41) is 6.96. The average molecular weight is 278 g/mol. The van der Waals surface area contributed by atoms with Crippen molar-refractivity contribution in [2.45, 2.75) is 38.6 Å². The van der Waals surface area contributed by atoms with Crippen molar-refractivity contribution in [2.24, 2.45) is 0 Å². The molecule has 0 aliphatic rings. The van der Waals surface area contributed by atoms with Gasteiger partial charge in [0.2, 0.25) is 0 Å². The summed E-state index contributed by atoms with van der Waals surface area (Å²) in [6.45, 7) is 10.5. The molecule has 1 aromatic rings. The second-order valence-electron chi connectivity index (χ2n) is 6.05. The highest BCUT2D eigenvalue weighted by molar-refractivity contribution is 5.23. The fourth-order valence-electron chi connectivity index (χ4n) is 2.23. The first kappa shape index (κ1) is 17.2. The molecule has 0 radical (unpaired) electrons. The third-order valence-electron chi connectivity index (χ3n) is 3.73. The van der Waals surface area contributed by atoms with Gasteiger partial charge in [-0.05, 0) is 30.9 Å². The Bertz CT molecular complexity index is 351. The van der Waals surface area contributed by atoms with Crippen LogP contribution in [-0.2, 0) is 10.2 Å². The van der Waals surface area contributed by atoms with Gasteiger partial charge in [0.05, 0.1) is 6.61 Å². The molecule has 20 heavy (non-hydrogen) atoms. The fourth-order valence-corrected chi connectivity index (χ4v) is 2.23. The number of benzene rings is 1. The van der Waals surface area contributed by atoms with Gasteiger partial charge in [-0.2, -0.15) is 0 Å². The largest absolute Gasteiger partial charge is 0.383 e. The summed E-state index contributed by atoms with van der Waals surface area (Å²) in [5.74, 6) is 0. The Morgan fingerprint density at radius 2 is 1.85 bits per heavy atom. The predicted molar refractivity (Wildman–Crippen MR) is 86.3 cm³/mol. The fraction of sp³-hybridized carbons (Fsp3) is 0.647. The highest BCUT2D eigenvalue weighted by atomic mass is 16.5. The lowest BCUT2D eigenvalue weighted by atomic mass is 9.81. The van der Waals surface area contributed by atoms with Crippen molar-refractivity contribution >= 4 is 0 Å². The number of ether oxygens (including phenoxy) is 1. The van der Waals surface area contributed by atoms with Gasteiger partial charge in [-0.3, -0.25) is 0 Å². The highest BCUT2D eigenvalue weighted by Crippen LogP contribution is 2.25. The molecule has 114 valence electrons. The van der Waals surface area contributed by atoms with Crippen LogP contribution in [0.15, 0.2) is 30.3 Å². The first-order chi connectivity index (χ1) is 9.56. The second kappa shape index (κ2) is 9.11. The van der Waals surface area contributed by atoms with Crippen molar-refractivity contribution < 1.29 is 4.74 Å². The molecule has 3 nitrogen and oxygen atoms in total. The van der Waals surface area contributed by atoms with E-state index in [0.717, 1.165) is 32.7 Å². The second-order valence-corrected chi connectivity index (χ2v) is 6.05. The van der Waals surface area contributed by atoms with Gasteiger partial charge in [-0.25, -0.2) is 0 Å². The summed E-state index contributed by atoms with van der Waals surface area (Å²) in [7, 11) is 1.73. The predicted octanol–water partition coefficient (Wildman–Crippen LogP) is 2.57. The van der Waals surface area contributed by atoms with Crippen LogP contribution in [0.25, 0.3) is 0 Å². The quantitative estimate of drug-likeness (QED) is 0.645. The molecule has 2 N–H and O–H groups in total. The average Bonchev–Trinajstić information content (AvgIpc) is 2.44. The minimum atomic E-state index is 0.220. The maximum atomic E-state index is 5.02. The Labute approximate surface area is 124 Å². The van der Waals surface area contributed by atoms with Crippen molar-refractivity contribution in [1.29, 1.82) is 0 Å². The van der Waals surface area contributed by atoms with Crippen molar-refractivity contribution in [3.05, 3.63) is 35.9 Å². The molecule has 1 atom stereocenters. The Morgan fingerprint density at radius 1 is 1.15 bits per heavy atom. The van der Waals surface area contributed by atoms with Gasteiger partial charge in [0.1, 0.15) is 0 Å². The SMILES string of the molecule is COCCNCC(C)NCCC(C)(C)c1ccccc1. The van der Waals surface area contributed by atoms with E-state index in [0.29, 0.717) is 6.04 Å². The molecule has 0 aliphatic heterocycles. The normalized spacial score (nSPS) is 13.4. The maximum absolute atomic E-state index is 5.02. The summed E-state index contributed by atoms with van der Waals surface area (Å²) in [5.41, 5.74) is 1.63. The Hall–Kier alpha value is -0.900. The molecule has 1 rings (SSSR count). The van der Waals surface area contributed by atoms with E-state index in [1.807, 2.05) is 0 Å². The van der Waals surface area contributed by atoms with Crippen molar-refractivity contribution in [3.63, 3.8) is 0 Å². The van der Waals surface area contributed by atoms with E-state index in [-0.39, 0.29) is 5.41 Å². The molecule has 0 spiro atoms. The summed E-state index contributed by atoms with van der Waals surface area (Å²) in [4.78, 5) is 0. The third-order valence-corrected chi connectivity index (χ3v) is 3.73. The summed E-state index contributed by atoms with van der Waals surface area (Å²) < 4.78 is 5.02. The highest BCUT2D eigenvalue weighted by Gasteiger charge is 2.19. The van der Waals surface area contributed by atoms with E-state index in [1.165, 1.54) is 5.56 Å². The Morgan fingerprint density at radius 3 is 2.50 bits per heavy atom. The van der Waals surface area contributed by atoms with Gasteiger partial charge < -0.3 is 15.4 Å². The molecule has 0 aromatic heterocycles. The van der Waals surface area contributed by atoms with E-state index in [1.54, 1.807) is 7.11 Å². The number of hydrogen-bond donors (Lipinski definition) is 2. The standard InChI is InChI=1S/C17H30N2O/c1-15(14-18-12-13-20-4)19-11-10-17(2,3)16-8-6-5-7-9-16/h5-9,15,18-19H,10-14H2,1-4H3. The molecular formula is C17H30N2O. The van der Waals surface area contributed by atoms with Gasteiger partial charge in [0.15, 0.2) is 0 Å². The molecule has 1 aromatic carbocycles. The molecule has 0 saturated carbocycles. The van der Waals surface area contributed by atoms with Crippen LogP contribution in [-0.4, -0.2) is 39.4 Å². The van der Waals surface area contributed by atoms with Crippen LogP contribution in [0.2, 0.25) is 0 Å². The van der Waals surface area contributed by atoms with Crippen molar-refractivity contribution in [1.82, 2.24) is 10.6 Å². The van der Waals surface area contributed by atoms with E-state index in [2.05, 4.69) is 61.7 Å². The number of nitrogens with one attached hydrogen (secondary N) is 2. The van der Waals surface area contributed by atoms with Crippen LogP contribution in [0, 0.1) is 0 Å². The summed E-state index contributed by atoms with van der Waals surface area (Å²) in [6.07, 6.45) is 1.14. The van der Waals surface area contributed by atoms with Gasteiger partial charge in [0, 0.05) is 26.2 Å². The molecule has 0 heterocycles. The minimum Gasteiger partial charge on any atom is -0.383 e.